The van der Waals surface area contributed by atoms with Gasteiger partial charge in [0.15, 0.2) is 0 Å². The molecule has 8 nitrogen and oxygen atoms in total. The maximum Gasteiger partial charge on any atom is 0.316 e. The van der Waals surface area contributed by atoms with Crippen LogP contribution in [0, 0.1) is 0 Å². The largest absolute Gasteiger partial charge is 0.337 e. The summed E-state index contributed by atoms with van der Waals surface area (Å²) in [6.45, 7) is 0.309. The summed E-state index contributed by atoms with van der Waals surface area (Å²) in [5.74, 6) is 0. The quantitative estimate of drug-likeness (QED) is 0.588. The van der Waals surface area contributed by atoms with Crippen LogP contribution in [0.25, 0.3) is 0 Å². The van der Waals surface area contributed by atoms with Crippen molar-refractivity contribution in [2.45, 2.75) is 11.4 Å². The van der Waals surface area contributed by atoms with Crippen LogP contribution < -0.4 is 15.8 Å². The number of nitrogens with one attached hydrogen (secondary N) is 2. The smallest absolute Gasteiger partial charge is 0.316 e. The molecule has 2 amide bonds. The van der Waals surface area contributed by atoms with Crippen molar-refractivity contribution < 1.29 is 13.2 Å². The van der Waals surface area contributed by atoms with E-state index in [0.29, 0.717) is 5.69 Å². The van der Waals surface area contributed by atoms with E-state index in [0.717, 1.165) is 0 Å². The van der Waals surface area contributed by atoms with Crippen LogP contribution in [0.1, 0.15) is 5.69 Å². The van der Waals surface area contributed by atoms with Gasteiger partial charge in [-0.3, -0.25) is 4.98 Å². The molecule has 0 aromatic carbocycles. The van der Waals surface area contributed by atoms with E-state index in [1.807, 2.05) is 0 Å². The number of hydrogen-bond donors (Lipinski definition) is 3. The number of nitrogens with zero attached hydrogens (tertiary/aromatic N) is 2. The Hall–Kier alpha value is -1.71. The number of hydrogen-bond acceptors (Lipinski definition) is 5. The van der Waals surface area contributed by atoms with Gasteiger partial charge in [-0.1, -0.05) is 0 Å². The maximum atomic E-state index is 12.1. The Balaban J connectivity index is 2.60. The molecule has 0 spiro atoms. The molecular formula is C11H19N5O3S. The molecule has 0 aliphatic heterocycles. The molecule has 0 atom stereocenters. The van der Waals surface area contributed by atoms with Crippen LogP contribution in [0.5, 0.6) is 0 Å². The minimum atomic E-state index is -3.68. The Morgan fingerprint density at radius 3 is 2.70 bits per heavy atom. The van der Waals surface area contributed by atoms with Crippen molar-refractivity contribution in [2.75, 3.05) is 27.2 Å². The fraction of sp³-hybridized carbons (Fsp3) is 0.455. The lowest BCUT2D eigenvalue weighted by Crippen LogP contribution is -2.39. The molecule has 0 saturated heterocycles. The van der Waals surface area contributed by atoms with Crippen molar-refractivity contribution >= 4 is 16.1 Å². The predicted molar refractivity (Wildman–Crippen MR) is 74.4 cm³/mol. The van der Waals surface area contributed by atoms with E-state index in [4.69, 9.17) is 5.73 Å². The molecule has 112 valence electrons. The summed E-state index contributed by atoms with van der Waals surface area (Å²) < 4.78 is 26.5. The van der Waals surface area contributed by atoms with Crippen molar-refractivity contribution in [2.24, 2.45) is 5.73 Å². The molecule has 0 aliphatic carbocycles. The first kappa shape index (κ1) is 16.3. The number of rotatable bonds is 6. The van der Waals surface area contributed by atoms with Crippen LogP contribution in [0.3, 0.4) is 0 Å². The van der Waals surface area contributed by atoms with Gasteiger partial charge in [0, 0.05) is 39.9 Å². The van der Waals surface area contributed by atoms with Crippen molar-refractivity contribution in [3.63, 3.8) is 0 Å². The van der Waals surface area contributed by atoms with Crippen LogP contribution in [0.2, 0.25) is 0 Å². The lowest BCUT2D eigenvalue weighted by molar-refractivity contribution is 0.217. The zero-order valence-electron chi connectivity index (χ0n) is 11.5. The van der Waals surface area contributed by atoms with E-state index in [-0.39, 0.29) is 30.6 Å². The third kappa shape index (κ3) is 4.44. The van der Waals surface area contributed by atoms with Crippen LogP contribution in [0.4, 0.5) is 4.79 Å². The van der Waals surface area contributed by atoms with Gasteiger partial charge in [-0.25, -0.2) is 17.9 Å². The van der Waals surface area contributed by atoms with E-state index >= 15 is 0 Å². The SMILES string of the molecule is CN(C)C(=O)NCCNS(=O)(=O)c1cccnc1CN. The number of pyridine rings is 1. The lowest BCUT2D eigenvalue weighted by Gasteiger charge is -2.13. The summed E-state index contributed by atoms with van der Waals surface area (Å²) >= 11 is 0. The lowest BCUT2D eigenvalue weighted by atomic mass is 10.3. The molecule has 0 bridgehead atoms. The molecular weight excluding hydrogens is 282 g/mol. The Morgan fingerprint density at radius 1 is 1.40 bits per heavy atom. The van der Waals surface area contributed by atoms with Gasteiger partial charge < -0.3 is 16.0 Å². The number of sulfonamides is 1. The van der Waals surface area contributed by atoms with E-state index in [1.165, 1.54) is 23.2 Å². The Labute approximate surface area is 118 Å². The first-order chi connectivity index (χ1) is 9.38. The van der Waals surface area contributed by atoms with E-state index in [1.54, 1.807) is 14.1 Å². The minimum absolute atomic E-state index is 0.0362. The van der Waals surface area contributed by atoms with Crippen LogP contribution in [-0.2, 0) is 16.6 Å². The van der Waals surface area contributed by atoms with Crippen molar-refractivity contribution in [3.05, 3.63) is 24.0 Å². The summed E-state index contributed by atoms with van der Waals surface area (Å²) in [6.07, 6.45) is 1.48. The van der Waals surface area contributed by atoms with Crippen LogP contribution in [0.15, 0.2) is 23.2 Å². The highest BCUT2D eigenvalue weighted by Gasteiger charge is 2.17. The topological polar surface area (TPSA) is 117 Å². The molecule has 1 heterocycles. The van der Waals surface area contributed by atoms with Gasteiger partial charge in [0.05, 0.1) is 5.69 Å². The monoisotopic (exact) mass is 301 g/mol. The first-order valence-electron chi connectivity index (χ1n) is 5.97. The van der Waals surface area contributed by atoms with Gasteiger partial charge in [0.2, 0.25) is 10.0 Å². The second-order valence-corrected chi connectivity index (χ2v) is 5.91. The second-order valence-electron chi connectivity index (χ2n) is 4.18. The summed E-state index contributed by atoms with van der Waals surface area (Å²) in [7, 11) is -0.479. The molecule has 0 radical (unpaired) electrons. The van der Waals surface area contributed by atoms with Gasteiger partial charge in [0.25, 0.3) is 0 Å². The molecule has 4 N–H and O–H groups in total. The zero-order chi connectivity index (χ0) is 15.2. The van der Waals surface area contributed by atoms with Gasteiger partial charge in [-0.2, -0.15) is 0 Å². The number of amides is 2. The standard InChI is InChI=1S/C11H19N5O3S/c1-16(2)11(17)14-6-7-15-20(18,19)10-4-3-5-13-9(10)8-12/h3-5,15H,6-8,12H2,1-2H3,(H,14,17). The molecule has 1 aromatic rings. The molecule has 0 fully saturated rings. The zero-order valence-corrected chi connectivity index (χ0v) is 12.3. The predicted octanol–water partition coefficient (Wildman–Crippen LogP) is -0.910. The minimum Gasteiger partial charge on any atom is -0.337 e. The Kier molecular flexibility index (Phi) is 5.86. The third-order valence-corrected chi connectivity index (χ3v) is 3.97. The number of urea groups is 1. The molecule has 1 rings (SSSR count). The highest BCUT2D eigenvalue weighted by molar-refractivity contribution is 7.89. The molecule has 0 unspecified atom stereocenters. The van der Waals surface area contributed by atoms with Crippen LogP contribution in [-0.4, -0.2) is 51.5 Å². The number of carbonyl (C=O) groups is 1. The van der Waals surface area contributed by atoms with Gasteiger partial charge in [-0.05, 0) is 12.1 Å². The number of nitrogens with two attached hydrogens (primary N) is 1. The van der Waals surface area contributed by atoms with Gasteiger partial charge in [0.1, 0.15) is 4.90 Å². The van der Waals surface area contributed by atoms with E-state index < -0.39 is 10.0 Å². The second kappa shape index (κ2) is 7.17. The van der Waals surface area contributed by atoms with E-state index in [9.17, 15) is 13.2 Å². The van der Waals surface area contributed by atoms with Crippen molar-refractivity contribution in [1.82, 2.24) is 19.9 Å². The van der Waals surface area contributed by atoms with Crippen molar-refractivity contribution in [3.8, 4) is 0 Å². The summed E-state index contributed by atoms with van der Waals surface area (Å²) in [4.78, 5) is 16.6. The molecule has 20 heavy (non-hydrogen) atoms. The number of carbonyl (C=O) groups excluding carboxylic acids is 1. The molecule has 1 aromatic heterocycles. The molecule has 9 heteroatoms. The highest BCUT2D eigenvalue weighted by atomic mass is 32.2. The summed E-state index contributed by atoms with van der Waals surface area (Å²) in [5, 5.41) is 2.55. The third-order valence-electron chi connectivity index (χ3n) is 2.43. The fourth-order valence-electron chi connectivity index (χ4n) is 1.41. The first-order valence-corrected chi connectivity index (χ1v) is 7.45. The Morgan fingerprint density at radius 2 is 2.10 bits per heavy atom. The van der Waals surface area contributed by atoms with Gasteiger partial charge >= 0.3 is 6.03 Å². The van der Waals surface area contributed by atoms with E-state index in [2.05, 4.69) is 15.0 Å². The Bertz CT molecular complexity index is 559. The maximum absolute atomic E-state index is 12.1. The highest BCUT2D eigenvalue weighted by Crippen LogP contribution is 2.11. The van der Waals surface area contributed by atoms with Crippen LogP contribution >= 0.6 is 0 Å². The molecule has 0 aliphatic rings. The fourth-order valence-corrected chi connectivity index (χ4v) is 2.64. The number of aromatic nitrogens is 1. The molecule has 0 saturated carbocycles. The van der Waals surface area contributed by atoms with Gasteiger partial charge in [-0.15, -0.1) is 0 Å². The summed E-state index contributed by atoms with van der Waals surface area (Å²) in [6, 6.07) is 2.69. The average molecular weight is 301 g/mol. The normalized spacial score (nSPS) is 11.2. The average Bonchev–Trinajstić information content (AvgIpc) is 2.43. The van der Waals surface area contributed by atoms with Crippen molar-refractivity contribution in [1.29, 1.82) is 0 Å². The summed E-state index contributed by atoms with van der Waals surface area (Å²) in [5.41, 5.74) is 5.76.